The van der Waals surface area contributed by atoms with Gasteiger partial charge in [0.25, 0.3) is 0 Å². The van der Waals surface area contributed by atoms with Gasteiger partial charge in [0.15, 0.2) is 23.1 Å². The summed E-state index contributed by atoms with van der Waals surface area (Å²) in [6.45, 7) is 0. The third-order valence-corrected chi connectivity index (χ3v) is 11.1. The summed E-state index contributed by atoms with van der Waals surface area (Å²) < 4.78 is 15.8. The normalized spacial score (nSPS) is 11.9. The molecule has 0 aliphatic carbocycles. The highest BCUT2D eigenvalue weighted by molar-refractivity contribution is 6.28. The zero-order chi connectivity index (χ0) is 37.5. The minimum Gasteiger partial charge on any atom is -0.456 e. The Bertz CT molecular complexity index is 3450. The number of aromatic nitrogens is 4. The maximum Gasteiger partial charge on any atom is 0.164 e. The number of hydrogen-bond donors (Lipinski definition) is 0. The first-order valence-electron chi connectivity index (χ1n) is 19.0. The lowest BCUT2D eigenvalue weighted by atomic mass is 9.96. The Kier molecular flexibility index (Phi) is 6.83. The molecule has 0 saturated heterocycles. The van der Waals surface area contributed by atoms with Gasteiger partial charge in [-0.1, -0.05) is 146 Å². The highest BCUT2D eigenvalue weighted by Crippen LogP contribution is 2.46. The van der Waals surface area contributed by atoms with E-state index in [2.05, 4.69) is 95.6 Å². The average Bonchev–Trinajstić information content (AvgIpc) is 3.97. The van der Waals surface area contributed by atoms with E-state index >= 15 is 0 Å². The van der Waals surface area contributed by atoms with Crippen LogP contribution < -0.4 is 0 Å². The van der Waals surface area contributed by atoms with E-state index in [1.807, 2.05) is 91.0 Å². The number of hydrogen-bond acceptors (Lipinski definition) is 5. The molecule has 0 atom stereocenters. The van der Waals surface area contributed by atoms with Crippen LogP contribution in [0.4, 0.5) is 0 Å². The summed E-state index contributed by atoms with van der Waals surface area (Å²) in [5.41, 5.74) is 11.2. The highest BCUT2D eigenvalue weighted by atomic mass is 16.3. The van der Waals surface area contributed by atoms with Crippen molar-refractivity contribution in [1.29, 1.82) is 0 Å². The van der Waals surface area contributed by atoms with E-state index in [0.29, 0.717) is 17.5 Å². The van der Waals surface area contributed by atoms with Crippen molar-refractivity contribution in [3.63, 3.8) is 0 Å². The van der Waals surface area contributed by atoms with Crippen LogP contribution >= 0.6 is 0 Å². The molecular formula is C51H30N4O2. The maximum atomic E-state index is 7.09. The molecule has 57 heavy (non-hydrogen) atoms. The Balaban J connectivity index is 1.19. The van der Waals surface area contributed by atoms with Crippen molar-refractivity contribution < 1.29 is 8.83 Å². The molecule has 4 heterocycles. The van der Waals surface area contributed by atoms with Crippen LogP contribution in [0, 0.1) is 0 Å². The Labute approximate surface area is 325 Å². The summed E-state index contributed by atoms with van der Waals surface area (Å²) >= 11 is 0. The van der Waals surface area contributed by atoms with E-state index in [0.717, 1.165) is 99.2 Å². The lowest BCUT2D eigenvalue weighted by Crippen LogP contribution is -2.00. The zero-order valence-corrected chi connectivity index (χ0v) is 30.4. The van der Waals surface area contributed by atoms with Gasteiger partial charge in [-0.15, -0.1) is 0 Å². The fourth-order valence-corrected chi connectivity index (χ4v) is 8.59. The van der Waals surface area contributed by atoms with Gasteiger partial charge in [-0.2, -0.15) is 0 Å². The molecule has 12 rings (SSSR count). The molecule has 0 bridgehead atoms. The van der Waals surface area contributed by atoms with Crippen LogP contribution in [-0.4, -0.2) is 19.5 Å². The molecule has 0 aliphatic rings. The van der Waals surface area contributed by atoms with Crippen molar-refractivity contribution >= 4 is 65.7 Å². The van der Waals surface area contributed by atoms with Gasteiger partial charge in [0, 0.05) is 49.0 Å². The van der Waals surface area contributed by atoms with Crippen LogP contribution in [-0.2, 0) is 0 Å². The molecule has 0 N–H and O–H groups in total. The minimum absolute atomic E-state index is 0.575. The van der Waals surface area contributed by atoms with Crippen molar-refractivity contribution in [2.45, 2.75) is 0 Å². The van der Waals surface area contributed by atoms with E-state index < -0.39 is 0 Å². The maximum absolute atomic E-state index is 7.09. The molecule has 6 nitrogen and oxygen atoms in total. The van der Waals surface area contributed by atoms with Crippen LogP contribution in [0.5, 0.6) is 0 Å². The number of rotatable bonds is 5. The lowest BCUT2D eigenvalue weighted by molar-refractivity contribution is 0.666. The van der Waals surface area contributed by atoms with Crippen molar-refractivity contribution in [1.82, 2.24) is 19.5 Å². The van der Waals surface area contributed by atoms with Crippen molar-refractivity contribution in [3.05, 3.63) is 182 Å². The first kappa shape index (κ1) is 31.5. The number of benzene rings is 8. The van der Waals surface area contributed by atoms with E-state index in [1.165, 1.54) is 0 Å². The minimum atomic E-state index is 0.575. The summed E-state index contributed by atoms with van der Waals surface area (Å²) in [5.74, 6) is 1.79. The van der Waals surface area contributed by atoms with Crippen LogP contribution in [0.2, 0.25) is 0 Å². The molecule has 0 aliphatic heterocycles. The van der Waals surface area contributed by atoms with Gasteiger partial charge in [-0.3, -0.25) is 0 Å². The standard InChI is InChI=1S/C51H30N4O2/c1-4-15-31(16-5-1)34-27-28-40(55-38-24-12-10-21-35(38)44-39(55)29-30-43-45(44)36-22-11-13-25-41(36)56-43)48-47(34)46-37(23-14-26-42(46)57-48)51-53-49(32-17-6-2-7-18-32)52-50(54-51)33-19-8-3-9-20-33/h1-30H. The van der Waals surface area contributed by atoms with Gasteiger partial charge in [0.1, 0.15) is 16.7 Å². The Hall–Kier alpha value is -7.83. The van der Waals surface area contributed by atoms with Crippen LogP contribution in [0.3, 0.4) is 0 Å². The van der Waals surface area contributed by atoms with Crippen molar-refractivity contribution in [3.8, 4) is 51.0 Å². The van der Waals surface area contributed by atoms with Crippen LogP contribution in [0.1, 0.15) is 0 Å². The second-order valence-electron chi connectivity index (χ2n) is 14.3. The second kappa shape index (κ2) is 12.3. The van der Waals surface area contributed by atoms with Gasteiger partial charge < -0.3 is 13.4 Å². The van der Waals surface area contributed by atoms with Gasteiger partial charge in [0.2, 0.25) is 0 Å². The largest absolute Gasteiger partial charge is 0.456 e. The highest BCUT2D eigenvalue weighted by Gasteiger charge is 2.25. The molecule has 0 saturated carbocycles. The zero-order valence-electron chi connectivity index (χ0n) is 30.4. The van der Waals surface area contributed by atoms with Crippen molar-refractivity contribution in [2.24, 2.45) is 0 Å². The molecule has 12 aromatic rings. The Morgan fingerprint density at radius 3 is 1.67 bits per heavy atom. The quantitative estimate of drug-likeness (QED) is 0.176. The third-order valence-electron chi connectivity index (χ3n) is 11.1. The second-order valence-corrected chi connectivity index (χ2v) is 14.3. The summed E-state index contributed by atoms with van der Waals surface area (Å²) in [7, 11) is 0. The summed E-state index contributed by atoms with van der Waals surface area (Å²) in [6, 6.07) is 62.4. The molecule has 4 aromatic heterocycles. The fourth-order valence-electron chi connectivity index (χ4n) is 8.59. The predicted molar refractivity (Wildman–Crippen MR) is 230 cm³/mol. The van der Waals surface area contributed by atoms with Crippen LogP contribution in [0.25, 0.3) is 117 Å². The Morgan fingerprint density at radius 1 is 0.333 bits per heavy atom. The van der Waals surface area contributed by atoms with Gasteiger partial charge >= 0.3 is 0 Å². The molecule has 8 aromatic carbocycles. The molecule has 0 spiro atoms. The van der Waals surface area contributed by atoms with E-state index in [4.69, 9.17) is 23.8 Å². The smallest absolute Gasteiger partial charge is 0.164 e. The first-order valence-corrected chi connectivity index (χ1v) is 19.0. The molecule has 0 radical (unpaired) electrons. The summed E-state index contributed by atoms with van der Waals surface area (Å²) in [6.07, 6.45) is 0. The van der Waals surface area contributed by atoms with Gasteiger partial charge in [-0.25, -0.2) is 15.0 Å². The number of nitrogens with zero attached hydrogens (tertiary/aromatic N) is 4. The molecule has 0 fully saturated rings. The average molecular weight is 731 g/mol. The molecule has 0 amide bonds. The van der Waals surface area contributed by atoms with E-state index in [1.54, 1.807) is 0 Å². The summed E-state index contributed by atoms with van der Waals surface area (Å²) in [5, 5.41) is 6.45. The monoisotopic (exact) mass is 730 g/mol. The number of para-hydroxylation sites is 2. The summed E-state index contributed by atoms with van der Waals surface area (Å²) in [4.78, 5) is 15.3. The third kappa shape index (κ3) is 4.81. The van der Waals surface area contributed by atoms with Gasteiger partial charge in [-0.05, 0) is 47.5 Å². The number of furan rings is 2. The lowest BCUT2D eigenvalue weighted by Gasteiger charge is -2.12. The molecule has 6 heteroatoms. The van der Waals surface area contributed by atoms with Gasteiger partial charge in [0.05, 0.1) is 16.7 Å². The SMILES string of the molecule is c1ccc(-c2nc(-c3ccccc3)nc(-c3cccc4oc5c(-n6c7ccccc7c7c8c(ccc76)oc6ccccc68)ccc(-c6ccccc6)c5c34)n2)cc1. The van der Waals surface area contributed by atoms with E-state index in [-0.39, 0.29) is 0 Å². The van der Waals surface area contributed by atoms with Crippen molar-refractivity contribution in [2.75, 3.05) is 0 Å². The molecule has 266 valence electrons. The fraction of sp³-hybridized carbons (Fsp3) is 0. The number of fused-ring (bicyclic) bond motifs is 10. The molecule has 0 unspecified atom stereocenters. The van der Waals surface area contributed by atoms with Crippen LogP contribution in [0.15, 0.2) is 191 Å². The predicted octanol–water partition coefficient (Wildman–Crippen LogP) is 13.4. The topological polar surface area (TPSA) is 69.9 Å². The Morgan fingerprint density at radius 2 is 0.930 bits per heavy atom. The molecular weight excluding hydrogens is 701 g/mol. The first-order chi connectivity index (χ1) is 28.3. The van der Waals surface area contributed by atoms with E-state index in [9.17, 15) is 0 Å².